The summed E-state index contributed by atoms with van der Waals surface area (Å²) in [6.07, 6.45) is 3.58. The van der Waals surface area contributed by atoms with Gasteiger partial charge in [-0.1, -0.05) is 17.7 Å². The van der Waals surface area contributed by atoms with E-state index in [1.807, 2.05) is 20.2 Å². The van der Waals surface area contributed by atoms with E-state index >= 15 is 0 Å². The van der Waals surface area contributed by atoms with E-state index < -0.39 is 0 Å². The zero-order chi connectivity index (χ0) is 14.1. The molecule has 3 rings (SSSR count). The number of rotatable bonds is 4. The van der Waals surface area contributed by atoms with E-state index in [9.17, 15) is 0 Å². The summed E-state index contributed by atoms with van der Waals surface area (Å²) in [6, 6.07) is 8.34. The number of benzene rings is 1. The number of aromatic amines is 1. The van der Waals surface area contributed by atoms with Crippen LogP contribution in [0.5, 0.6) is 0 Å². The first kappa shape index (κ1) is 13.4. The molecular formula is C15H16ClN4. The maximum atomic E-state index is 6.04. The predicted molar refractivity (Wildman–Crippen MR) is 83.7 cm³/mol. The fourth-order valence-electron chi connectivity index (χ4n) is 2.41. The summed E-state index contributed by atoms with van der Waals surface area (Å²) < 4.78 is 0. The van der Waals surface area contributed by atoms with Crippen LogP contribution in [0.15, 0.2) is 30.5 Å². The van der Waals surface area contributed by atoms with E-state index in [0.29, 0.717) is 5.02 Å². The van der Waals surface area contributed by atoms with Gasteiger partial charge in [0, 0.05) is 28.9 Å². The number of hydrogen-bond donors (Lipinski definition) is 3. The van der Waals surface area contributed by atoms with Gasteiger partial charge in [0.05, 0.1) is 5.02 Å². The molecule has 0 fully saturated rings. The number of pyridine rings is 1. The Bertz CT molecular complexity index is 746. The number of aromatic nitrogens is 2. The molecule has 4 nitrogen and oxygen atoms in total. The lowest BCUT2D eigenvalue weighted by atomic mass is 10.1. The highest BCUT2D eigenvalue weighted by molar-refractivity contribution is 6.31. The maximum absolute atomic E-state index is 6.04. The van der Waals surface area contributed by atoms with Crippen LogP contribution in [0.2, 0.25) is 5.02 Å². The Labute approximate surface area is 122 Å². The second kappa shape index (κ2) is 5.40. The van der Waals surface area contributed by atoms with Gasteiger partial charge >= 0.3 is 0 Å². The van der Waals surface area contributed by atoms with Crippen molar-refractivity contribution in [3.63, 3.8) is 0 Å². The van der Waals surface area contributed by atoms with Gasteiger partial charge in [0.15, 0.2) is 0 Å². The highest BCUT2D eigenvalue weighted by atomic mass is 35.5. The lowest BCUT2D eigenvalue weighted by Gasteiger charge is -2.13. The average molecular weight is 288 g/mol. The molecular weight excluding hydrogens is 272 g/mol. The van der Waals surface area contributed by atoms with E-state index in [-0.39, 0.29) is 0 Å². The molecule has 103 valence electrons. The van der Waals surface area contributed by atoms with Gasteiger partial charge in [0.25, 0.3) is 0 Å². The zero-order valence-electron chi connectivity index (χ0n) is 11.4. The summed E-state index contributed by atoms with van der Waals surface area (Å²) in [4.78, 5) is 7.63. The first-order valence-corrected chi connectivity index (χ1v) is 6.86. The smallest absolute Gasteiger partial charge is 0.138 e. The van der Waals surface area contributed by atoms with Gasteiger partial charge in [-0.15, -0.1) is 0 Å². The quantitative estimate of drug-likeness (QED) is 0.692. The molecule has 0 aliphatic carbocycles. The van der Waals surface area contributed by atoms with Crippen LogP contribution < -0.4 is 10.6 Å². The fourth-order valence-corrected chi connectivity index (χ4v) is 2.57. The normalized spacial score (nSPS) is 11.8. The van der Waals surface area contributed by atoms with E-state index in [0.717, 1.165) is 34.5 Å². The number of fused-ring (bicyclic) bond motifs is 3. The van der Waals surface area contributed by atoms with Crippen LogP contribution in [-0.4, -0.2) is 24.1 Å². The van der Waals surface area contributed by atoms with E-state index in [1.54, 1.807) is 6.20 Å². The number of H-pyrrole nitrogens is 1. The molecule has 2 heterocycles. The third-order valence-electron chi connectivity index (χ3n) is 3.47. The molecule has 0 atom stereocenters. The molecule has 1 aromatic carbocycles. The second-order valence-electron chi connectivity index (χ2n) is 4.71. The van der Waals surface area contributed by atoms with Crippen molar-refractivity contribution < 1.29 is 0 Å². The van der Waals surface area contributed by atoms with Gasteiger partial charge < -0.3 is 4.98 Å². The molecule has 0 aliphatic rings. The van der Waals surface area contributed by atoms with Crippen LogP contribution >= 0.6 is 11.6 Å². The zero-order valence-corrected chi connectivity index (χ0v) is 12.2. The summed E-state index contributed by atoms with van der Waals surface area (Å²) in [5.74, 6) is 0. The molecule has 0 amide bonds. The number of likely N-dealkylation sites (N-methyl/N-ethyl adjacent to an activating group) is 2. The van der Waals surface area contributed by atoms with Crippen LogP contribution in [0.3, 0.4) is 0 Å². The monoisotopic (exact) mass is 287 g/mol. The molecule has 0 saturated carbocycles. The third-order valence-corrected chi connectivity index (χ3v) is 3.67. The van der Waals surface area contributed by atoms with Gasteiger partial charge in [-0.25, -0.2) is 4.98 Å². The topological polar surface area (TPSA) is 52.7 Å². The van der Waals surface area contributed by atoms with Crippen LogP contribution in [-0.2, 0) is 6.42 Å². The summed E-state index contributed by atoms with van der Waals surface area (Å²) in [7, 11) is 3.83. The lowest BCUT2D eigenvalue weighted by molar-refractivity contribution is 0.644. The van der Waals surface area contributed by atoms with Crippen LogP contribution in [0.25, 0.3) is 21.9 Å². The van der Waals surface area contributed by atoms with Crippen molar-refractivity contribution in [3.05, 3.63) is 47.2 Å². The maximum Gasteiger partial charge on any atom is 0.138 e. The molecule has 3 aromatic rings. The second-order valence-corrected chi connectivity index (χ2v) is 5.15. The van der Waals surface area contributed by atoms with Crippen molar-refractivity contribution in [1.29, 1.82) is 0 Å². The Hall–Kier alpha value is -1.62. The standard InChI is InChI=1S/C15H16ClN4/c1-17-14(18-2)6-9-3-4-13-11(5-9)12-7-10(16)8-19-15(12)20-13/h3-5,7-8,17-18H,6H2,1-2H3,(H,19,20). The van der Waals surface area contributed by atoms with Crippen molar-refractivity contribution in [2.45, 2.75) is 6.42 Å². The number of nitrogens with zero attached hydrogens (tertiary/aromatic N) is 1. The van der Waals surface area contributed by atoms with E-state index in [2.05, 4.69) is 38.8 Å². The lowest BCUT2D eigenvalue weighted by Crippen LogP contribution is -2.30. The number of hydrogen-bond acceptors (Lipinski definition) is 3. The van der Waals surface area contributed by atoms with Crippen molar-refractivity contribution in [2.24, 2.45) is 0 Å². The van der Waals surface area contributed by atoms with E-state index in [4.69, 9.17) is 11.6 Å². The number of nitrogens with one attached hydrogen (secondary N) is 3. The van der Waals surface area contributed by atoms with Crippen molar-refractivity contribution in [3.8, 4) is 0 Å². The minimum Gasteiger partial charge on any atom is -0.339 e. The Morgan fingerprint density at radius 1 is 1.20 bits per heavy atom. The molecule has 0 bridgehead atoms. The Balaban J connectivity index is 2.09. The summed E-state index contributed by atoms with van der Waals surface area (Å²) in [5.41, 5.74) is 3.18. The molecule has 0 unspecified atom stereocenters. The summed E-state index contributed by atoms with van der Waals surface area (Å²) in [6.45, 7) is 0. The van der Waals surface area contributed by atoms with Gasteiger partial charge in [-0.05, 0) is 37.9 Å². The molecule has 0 saturated heterocycles. The largest absolute Gasteiger partial charge is 0.339 e. The van der Waals surface area contributed by atoms with Gasteiger partial charge in [-0.2, -0.15) is 0 Å². The Morgan fingerprint density at radius 3 is 2.75 bits per heavy atom. The SMILES string of the molecule is CN[C](Cc1ccc2[nH]c3ncc(Cl)cc3c2c1)NC. The van der Waals surface area contributed by atoms with Gasteiger partial charge in [0.2, 0.25) is 0 Å². The van der Waals surface area contributed by atoms with Gasteiger partial charge in [-0.3, -0.25) is 10.6 Å². The van der Waals surface area contributed by atoms with Crippen molar-refractivity contribution >= 4 is 33.5 Å². The third kappa shape index (κ3) is 2.38. The first-order chi connectivity index (χ1) is 9.71. The highest BCUT2D eigenvalue weighted by Gasteiger charge is 2.09. The molecule has 0 spiro atoms. The minimum absolute atomic E-state index is 0.654. The Kier molecular flexibility index (Phi) is 3.61. The molecule has 3 N–H and O–H groups in total. The molecule has 2 aromatic heterocycles. The van der Waals surface area contributed by atoms with Gasteiger partial charge in [0.1, 0.15) is 11.8 Å². The Morgan fingerprint density at radius 2 is 2.00 bits per heavy atom. The fraction of sp³-hybridized carbons (Fsp3) is 0.200. The molecule has 20 heavy (non-hydrogen) atoms. The van der Waals surface area contributed by atoms with Crippen molar-refractivity contribution in [1.82, 2.24) is 20.6 Å². The van der Waals surface area contributed by atoms with Crippen LogP contribution in [0.4, 0.5) is 0 Å². The highest BCUT2D eigenvalue weighted by Crippen LogP contribution is 2.27. The summed E-state index contributed by atoms with van der Waals surface area (Å²) in [5, 5.41) is 9.17. The molecule has 1 radical (unpaired) electrons. The molecule has 0 aliphatic heterocycles. The summed E-state index contributed by atoms with van der Waals surface area (Å²) >= 11 is 6.04. The van der Waals surface area contributed by atoms with Crippen LogP contribution in [0, 0.1) is 6.17 Å². The minimum atomic E-state index is 0.654. The van der Waals surface area contributed by atoms with Crippen LogP contribution in [0.1, 0.15) is 5.56 Å². The average Bonchev–Trinajstić information content (AvgIpc) is 2.82. The predicted octanol–water partition coefficient (Wildman–Crippen LogP) is 2.84. The van der Waals surface area contributed by atoms with E-state index in [1.165, 1.54) is 5.56 Å². The first-order valence-electron chi connectivity index (χ1n) is 6.48. The molecule has 5 heteroatoms. The van der Waals surface area contributed by atoms with Crippen molar-refractivity contribution in [2.75, 3.05) is 14.1 Å². The number of halogens is 1.